The second-order valence-electron chi connectivity index (χ2n) is 3.28. The van der Waals surface area contributed by atoms with Gasteiger partial charge in [0.15, 0.2) is 4.34 Å². The molecule has 0 aliphatic carbocycles. The minimum atomic E-state index is 0.828. The summed E-state index contributed by atoms with van der Waals surface area (Å²) in [6, 6.07) is 0. The molecule has 1 aromatic heterocycles. The normalized spacial score (nSPS) is 22.4. The van der Waals surface area contributed by atoms with E-state index in [1.54, 1.807) is 0 Å². The van der Waals surface area contributed by atoms with Crippen LogP contribution in [0.1, 0.15) is 12.2 Å². The van der Waals surface area contributed by atoms with Crippen molar-refractivity contribution in [1.82, 2.24) is 14.7 Å². The Morgan fingerprint density at radius 3 is 3.23 bits per heavy atom. The Balaban J connectivity index is 1.78. The van der Waals surface area contributed by atoms with Gasteiger partial charge in [0.2, 0.25) is 0 Å². The largest absolute Gasteiger partial charge is 0.316 e. The molecule has 1 aliphatic rings. The van der Waals surface area contributed by atoms with Gasteiger partial charge in [-0.15, -0.1) is 0 Å². The molecule has 2 heterocycles. The van der Waals surface area contributed by atoms with Gasteiger partial charge in [0.05, 0.1) is 0 Å². The van der Waals surface area contributed by atoms with Crippen molar-refractivity contribution in [3.63, 3.8) is 0 Å². The lowest BCUT2D eigenvalue weighted by Crippen LogP contribution is -2.10. The highest BCUT2D eigenvalue weighted by Crippen LogP contribution is 2.24. The van der Waals surface area contributed by atoms with Crippen LogP contribution in [0.15, 0.2) is 4.34 Å². The molecule has 1 aromatic rings. The molecule has 2 rings (SSSR count). The molecule has 0 radical (unpaired) electrons. The highest BCUT2D eigenvalue weighted by Gasteiger charge is 2.15. The van der Waals surface area contributed by atoms with Crippen molar-refractivity contribution in [3.8, 4) is 0 Å². The van der Waals surface area contributed by atoms with Crippen molar-refractivity contribution in [2.75, 3.05) is 18.8 Å². The van der Waals surface area contributed by atoms with E-state index < -0.39 is 0 Å². The zero-order valence-electron chi connectivity index (χ0n) is 7.62. The van der Waals surface area contributed by atoms with E-state index in [0.29, 0.717) is 0 Å². The molecule has 1 fully saturated rings. The van der Waals surface area contributed by atoms with Gasteiger partial charge >= 0.3 is 0 Å². The average Bonchev–Trinajstić information content (AvgIpc) is 2.71. The van der Waals surface area contributed by atoms with Crippen molar-refractivity contribution >= 4 is 23.3 Å². The summed E-state index contributed by atoms with van der Waals surface area (Å²) in [5.74, 6) is 2.91. The van der Waals surface area contributed by atoms with Gasteiger partial charge < -0.3 is 5.32 Å². The van der Waals surface area contributed by atoms with Crippen LogP contribution < -0.4 is 5.32 Å². The summed E-state index contributed by atoms with van der Waals surface area (Å²) in [5, 5.41) is 3.37. The van der Waals surface area contributed by atoms with Crippen LogP contribution in [0.3, 0.4) is 0 Å². The number of rotatable bonds is 3. The van der Waals surface area contributed by atoms with Gasteiger partial charge in [-0.2, -0.15) is 4.37 Å². The molecule has 1 aliphatic heterocycles. The third-order valence-corrected chi connectivity index (χ3v) is 4.27. The zero-order chi connectivity index (χ0) is 9.10. The van der Waals surface area contributed by atoms with Gasteiger partial charge in [-0.25, -0.2) is 4.98 Å². The highest BCUT2D eigenvalue weighted by molar-refractivity contribution is 8.00. The maximum atomic E-state index is 4.32. The van der Waals surface area contributed by atoms with Gasteiger partial charge in [0.25, 0.3) is 0 Å². The van der Waals surface area contributed by atoms with E-state index in [0.717, 1.165) is 16.1 Å². The summed E-state index contributed by atoms with van der Waals surface area (Å²) in [6.07, 6.45) is 1.31. The van der Waals surface area contributed by atoms with Gasteiger partial charge in [-0.3, -0.25) is 0 Å². The van der Waals surface area contributed by atoms with E-state index in [1.807, 2.05) is 18.7 Å². The predicted molar refractivity (Wildman–Crippen MR) is 56.3 cm³/mol. The highest BCUT2D eigenvalue weighted by atomic mass is 32.2. The molecule has 0 bridgehead atoms. The Bertz CT molecular complexity index is 268. The first kappa shape index (κ1) is 9.43. The molecule has 0 aromatic carbocycles. The van der Waals surface area contributed by atoms with E-state index in [2.05, 4.69) is 14.7 Å². The maximum Gasteiger partial charge on any atom is 0.170 e. The summed E-state index contributed by atoms with van der Waals surface area (Å²) in [5.41, 5.74) is 0. The zero-order valence-corrected chi connectivity index (χ0v) is 9.25. The Morgan fingerprint density at radius 1 is 1.69 bits per heavy atom. The SMILES string of the molecule is Cc1nsc(SCC2CCNC2)n1. The molecule has 3 nitrogen and oxygen atoms in total. The predicted octanol–water partition coefficient (Wildman–Crippen LogP) is 1.55. The van der Waals surface area contributed by atoms with Crippen molar-refractivity contribution < 1.29 is 0 Å². The Morgan fingerprint density at radius 2 is 2.62 bits per heavy atom. The minimum Gasteiger partial charge on any atom is -0.316 e. The lowest BCUT2D eigenvalue weighted by Gasteiger charge is -2.03. The van der Waals surface area contributed by atoms with Crippen LogP contribution in [-0.2, 0) is 0 Å². The van der Waals surface area contributed by atoms with Gasteiger partial charge in [0, 0.05) is 5.75 Å². The van der Waals surface area contributed by atoms with Crippen LogP contribution in [0.4, 0.5) is 0 Å². The molecular weight excluding hydrogens is 202 g/mol. The Kier molecular flexibility index (Phi) is 3.18. The van der Waals surface area contributed by atoms with E-state index in [-0.39, 0.29) is 0 Å². The fraction of sp³-hybridized carbons (Fsp3) is 0.750. The second kappa shape index (κ2) is 4.39. The summed E-state index contributed by atoms with van der Waals surface area (Å²) in [4.78, 5) is 4.32. The molecule has 1 atom stereocenters. The molecule has 5 heteroatoms. The molecule has 1 N–H and O–H groups in total. The fourth-order valence-electron chi connectivity index (χ4n) is 1.38. The van der Waals surface area contributed by atoms with Crippen molar-refractivity contribution in [3.05, 3.63) is 5.82 Å². The van der Waals surface area contributed by atoms with Crippen molar-refractivity contribution in [2.45, 2.75) is 17.7 Å². The minimum absolute atomic E-state index is 0.828. The Hall–Kier alpha value is -0.130. The number of hydrogen-bond donors (Lipinski definition) is 1. The smallest absolute Gasteiger partial charge is 0.170 e. The van der Waals surface area contributed by atoms with Crippen LogP contribution in [0, 0.1) is 12.8 Å². The van der Waals surface area contributed by atoms with E-state index in [9.17, 15) is 0 Å². The van der Waals surface area contributed by atoms with Crippen molar-refractivity contribution in [1.29, 1.82) is 0 Å². The van der Waals surface area contributed by atoms with Crippen LogP contribution >= 0.6 is 23.3 Å². The third kappa shape index (κ3) is 2.65. The first-order valence-electron chi connectivity index (χ1n) is 4.48. The number of nitrogens with zero attached hydrogens (tertiary/aromatic N) is 2. The summed E-state index contributed by atoms with van der Waals surface area (Å²) >= 11 is 3.36. The topological polar surface area (TPSA) is 37.8 Å². The van der Waals surface area contributed by atoms with E-state index >= 15 is 0 Å². The number of hydrogen-bond acceptors (Lipinski definition) is 5. The standard InChI is InChI=1S/C8H13N3S2/c1-6-10-8(13-11-6)12-5-7-2-3-9-4-7/h7,9H,2-5H2,1H3. The first-order chi connectivity index (χ1) is 6.34. The van der Waals surface area contributed by atoms with E-state index in [1.165, 1.54) is 36.8 Å². The van der Waals surface area contributed by atoms with Crippen LogP contribution in [0.2, 0.25) is 0 Å². The summed E-state index contributed by atoms with van der Waals surface area (Å²) in [7, 11) is 0. The number of thioether (sulfide) groups is 1. The first-order valence-corrected chi connectivity index (χ1v) is 6.24. The lowest BCUT2D eigenvalue weighted by atomic mass is 10.2. The molecular formula is C8H13N3S2. The summed E-state index contributed by atoms with van der Waals surface area (Å²) < 4.78 is 5.27. The molecule has 0 saturated carbocycles. The van der Waals surface area contributed by atoms with Gasteiger partial charge in [-0.05, 0) is 43.9 Å². The number of aromatic nitrogens is 2. The Labute approximate surface area is 86.5 Å². The fourth-order valence-corrected chi connectivity index (χ4v) is 3.19. The number of aryl methyl sites for hydroxylation is 1. The third-order valence-electron chi connectivity index (χ3n) is 2.11. The molecule has 0 amide bonds. The van der Waals surface area contributed by atoms with Crippen molar-refractivity contribution in [2.24, 2.45) is 5.92 Å². The molecule has 13 heavy (non-hydrogen) atoms. The maximum absolute atomic E-state index is 4.32. The van der Waals surface area contributed by atoms with Gasteiger partial charge in [0.1, 0.15) is 5.82 Å². The average molecular weight is 215 g/mol. The number of nitrogens with one attached hydrogen (secondary N) is 1. The van der Waals surface area contributed by atoms with Crippen LogP contribution in [0.5, 0.6) is 0 Å². The van der Waals surface area contributed by atoms with Gasteiger partial charge in [-0.1, -0.05) is 11.8 Å². The van der Waals surface area contributed by atoms with Crippen LogP contribution in [0.25, 0.3) is 0 Å². The van der Waals surface area contributed by atoms with E-state index in [4.69, 9.17) is 0 Å². The molecule has 72 valence electrons. The monoisotopic (exact) mass is 215 g/mol. The lowest BCUT2D eigenvalue weighted by molar-refractivity contribution is 0.662. The molecule has 0 spiro atoms. The molecule has 1 unspecified atom stereocenters. The quantitative estimate of drug-likeness (QED) is 0.776. The second-order valence-corrected chi connectivity index (χ2v) is 5.30. The molecule has 1 saturated heterocycles. The summed E-state index contributed by atoms with van der Waals surface area (Å²) in [6.45, 7) is 4.29. The van der Waals surface area contributed by atoms with Crippen LogP contribution in [-0.4, -0.2) is 28.2 Å².